The van der Waals surface area contributed by atoms with Crippen molar-refractivity contribution in [2.45, 2.75) is 32.9 Å². The van der Waals surface area contributed by atoms with Crippen LogP contribution in [0.25, 0.3) is 0 Å². The van der Waals surface area contributed by atoms with Crippen molar-refractivity contribution in [3.05, 3.63) is 65.2 Å². The van der Waals surface area contributed by atoms with Gasteiger partial charge in [-0.2, -0.15) is 0 Å². The first-order chi connectivity index (χ1) is 9.09. The molecule has 0 aliphatic heterocycles. The molecule has 100 valence electrons. The number of hydrogen-bond donors (Lipinski definition) is 1. The van der Waals surface area contributed by atoms with Crippen molar-refractivity contribution >= 4 is 0 Å². The van der Waals surface area contributed by atoms with E-state index in [0.717, 1.165) is 16.9 Å². The highest BCUT2D eigenvalue weighted by Crippen LogP contribution is 2.28. The molecule has 2 aromatic rings. The van der Waals surface area contributed by atoms with E-state index in [9.17, 15) is 0 Å². The van der Waals surface area contributed by atoms with E-state index in [1.54, 1.807) is 0 Å². The van der Waals surface area contributed by atoms with Crippen LogP contribution in [-0.4, -0.2) is 6.04 Å². The first kappa shape index (κ1) is 13.6. The average molecular weight is 255 g/mol. The third-order valence-corrected chi connectivity index (χ3v) is 3.32. The van der Waals surface area contributed by atoms with Crippen molar-refractivity contribution < 1.29 is 4.74 Å². The van der Waals surface area contributed by atoms with Crippen molar-refractivity contribution in [3.8, 4) is 5.75 Å². The SMILES string of the molecule is Cc1ccccc1OC(c1ccccc1C)C(C)N. The van der Waals surface area contributed by atoms with E-state index in [-0.39, 0.29) is 12.1 Å². The lowest BCUT2D eigenvalue weighted by molar-refractivity contribution is 0.178. The van der Waals surface area contributed by atoms with Crippen molar-refractivity contribution in [3.63, 3.8) is 0 Å². The molecule has 0 saturated carbocycles. The molecule has 0 saturated heterocycles. The molecule has 2 nitrogen and oxygen atoms in total. The molecular formula is C17H21NO. The van der Waals surface area contributed by atoms with E-state index in [1.165, 1.54) is 5.56 Å². The quantitative estimate of drug-likeness (QED) is 0.902. The molecule has 0 aliphatic carbocycles. The molecular weight excluding hydrogens is 234 g/mol. The smallest absolute Gasteiger partial charge is 0.139 e. The number of para-hydroxylation sites is 1. The maximum atomic E-state index is 6.15. The van der Waals surface area contributed by atoms with Crippen LogP contribution in [0.2, 0.25) is 0 Å². The van der Waals surface area contributed by atoms with Gasteiger partial charge in [0.15, 0.2) is 0 Å². The van der Waals surface area contributed by atoms with Crippen LogP contribution in [-0.2, 0) is 0 Å². The number of nitrogens with two attached hydrogens (primary N) is 1. The van der Waals surface area contributed by atoms with Crippen LogP contribution in [0.4, 0.5) is 0 Å². The van der Waals surface area contributed by atoms with Crippen LogP contribution >= 0.6 is 0 Å². The van der Waals surface area contributed by atoms with Gasteiger partial charge in [0.2, 0.25) is 0 Å². The summed E-state index contributed by atoms with van der Waals surface area (Å²) in [7, 11) is 0. The second kappa shape index (κ2) is 5.89. The van der Waals surface area contributed by atoms with E-state index in [1.807, 2.05) is 50.2 Å². The van der Waals surface area contributed by atoms with E-state index < -0.39 is 0 Å². The molecule has 2 rings (SSSR count). The Bertz CT molecular complexity index is 548. The van der Waals surface area contributed by atoms with Gasteiger partial charge in [-0.25, -0.2) is 0 Å². The van der Waals surface area contributed by atoms with Gasteiger partial charge in [0, 0.05) is 6.04 Å². The summed E-state index contributed by atoms with van der Waals surface area (Å²) < 4.78 is 6.15. The van der Waals surface area contributed by atoms with Gasteiger partial charge in [0.25, 0.3) is 0 Å². The molecule has 0 spiro atoms. The Balaban J connectivity index is 2.33. The first-order valence-electron chi connectivity index (χ1n) is 6.63. The fourth-order valence-corrected chi connectivity index (χ4v) is 2.19. The third-order valence-electron chi connectivity index (χ3n) is 3.32. The zero-order chi connectivity index (χ0) is 13.8. The minimum Gasteiger partial charge on any atom is -0.484 e. The normalized spacial score (nSPS) is 13.9. The van der Waals surface area contributed by atoms with E-state index in [2.05, 4.69) is 19.1 Å². The highest BCUT2D eigenvalue weighted by Gasteiger charge is 2.20. The van der Waals surface area contributed by atoms with Gasteiger partial charge < -0.3 is 10.5 Å². The number of benzene rings is 2. The third kappa shape index (κ3) is 3.15. The molecule has 0 heterocycles. The molecule has 2 unspecified atom stereocenters. The topological polar surface area (TPSA) is 35.2 Å². The van der Waals surface area contributed by atoms with Crippen LogP contribution < -0.4 is 10.5 Å². The van der Waals surface area contributed by atoms with Crippen LogP contribution in [0.1, 0.15) is 29.7 Å². The summed E-state index contributed by atoms with van der Waals surface area (Å²) in [5, 5.41) is 0. The summed E-state index contributed by atoms with van der Waals surface area (Å²) >= 11 is 0. The number of rotatable bonds is 4. The predicted molar refractivity (Wildman–Crippen MR) is 79.4 cm³/mol. The molecule has 0 radical (unpaired) electrons. The Kier molecular flexibility index (Phi) is 4.23. The highest BCUT2D eigenvalue weighted by molar-refractivity contribution is 5.35. The van der Waals surface area contributed by atoms with Crippen LogP contribution in [0.3, 0.4) is 0 Å². The molecule has 0 aliphatic rings. The minimum atomic E-state index is -0.123. The number of ether oxygens (including phenoxy) is 1. The summed E-state index contributed by atoms with van der Waals surface area (Å²) in [4.78, 5) is 0. The molecule has 19 heavy (non-hydrogen) atoms. The summed E-state index contributed by atoms with van der Waals surface area (Å²) in [6.07, 6.45) is -0.123. The predicted octanol–water partition coefficient (Wildman–Crippen LogP) is 3.77. The van der Waals surface area contributed by atoms with Gasteiger partial charge in [-0.3, -0.25) is 0 Å². The van der Waals surface area contributed by atoms with Crippen LogP contribution in [0, 0.1) is 13.8 Å². The molecule has 2 N–H and O–H groups in total. The average Bonchev–Trinajstić information content (AvgIpc) is 2.38. The Morgan fingerprint density at radius 3 is 2.05 bits per heavy atom. The highest BCUT2D eigenvalue weighted by atomic mass is 16.5. The molecule has 2 heteroatoms. The minimum absolute atomic E-state index is 0.0688. The summed E-state index contributed by atoms with van der Waals surface area (Å²) in [5.41, 5.74) is 9.60. The Morgan fingerprint density at radius 2 is 1.47 bits per heavy atom. The van der Waals surface area contributed by atoms with Crippen molar-refractivity contribution in [2.75, 3.05) is 0 Å². The lowest BCUT2D eigenvalue weighted by atomic mass is 9.99. The van der Waals surface area contributed by atoms with Crippen LogP contribution in [0.5, 0.6) is 5.75 Å². The Labute approximate surface area is 115 Å². The zero-order valence-electron chi connectivity index (χ0n) is 11.8. The molecule has 0 aromatic heterocycles. The largest absolute Gasteiger partial charge is 0.484 e. The van der Waals surface area contributed by atoms with Crippen molar-refractivity contribution in [1.82, 2.24) is 0 Å². The fraction of sp³-hybridized carbons (Fsp3) is 0.294. The Morgan fingerprint density at radius 1 is 0.895 bits per heavy atom. The van der Waals surface area contributed by atoms with Crippen molar-refractivity contribution in [2.24, 2.45) is 5.73 Å². The van der Waals surface area contributed by atoms with Gasteiger partial charge in [-0.05, 0) is 43.5 Å². The van der Waals surface area contributed by atoms with Crippen LogP contribution in [0.15, 0.2) is 48.5 Å². The molecule has 2 atom stereocenters. The number of hydrogen-bond acceptors (Lipinski definition) is 2. The van der Waals surface area contributed by atoms with Crippen molar-refractivity contribution in [1.29, 1.82) is 0 Å². The molecule has 2 aromatic carbocycles. The fourth-order valence-electron chi connectivity index (χ4n) is 2.19. The first-order valence-corrected chi connectivity index (χ1v) is 6.63. The molecule has 0 amide bonds. The second-order valence-corrected chi connectivity index (χ2v) is 5.02. The maximum Gasteiger partial charge on any atom is 0.139 e. The summed E-state index contributed by atoms with van der Waals surface area (Å²) in [5.74, 6) is 0.896. The monoisotopic (exact) mass is 255 g/mol. The van der Waals surface area contributed by atoms with Gasteiger partial charge in [0.1, 0.15) is 11.9 Å². The van der Waals surface area contributed by atoms with Gasteiger partial charge in [-0.1, -0.05) is 42.5 Å². The number of aryl methyl sites for hydroxylation is 2. The maximum absolute atomic E-state index is 6.15. The lowest BCUT2D eigenvalue weighted by Gasteiger charge is -2.25. The van der Waals surface area contributed by atoms with Gasteiger partial charge in [0.05, 0.1) is 0 Å². The van der Waals surface area contributed by atoms with Gasteiger partial charge in [-0.15, -0.1) is 0 Å². The van der Waals surface area contributed by atoms with E-state index >= 15 is 0 Å². The van der Waals surface area contributed by atoms with E-state index in [0.29, 0.717) is 0 Å². The molecule has 0 fully saturated rings. The summed E-state index contributed by atoms with van der Waals surface area (Å²) in [6, 6.07) is 16.2. The zero-order valence-corrected chi connectivity index (χ0v) is 11.8. The summed E-state index contributed by atoms with van der Waals surface area (Å²) in [6.45, 7) is 6.12. The standard InChI is InChI=1S/C17H21NO/c1-12-8-4-6-10-15(12)17(14(3)18)19-16-11-7-5-9-13(16)2/h4-11,14,17H,18H2,1-3H3. The van der Waals surface area contributed by atoms with E-state index in [4.69, 9.17) is 10.5 Å². The Hall–Kier alpha value is -1.80. The second-order valence-electron chi connectivity index (χ2n) is 5.02. The van der Waals surface area contributed by atoms with Gasteiger partial charge >= 0.3 is 0 Å². The lowest BCUT2D eigenvalue weighted by Crippen LogP contribution is -2.29. The molecule has 0 bridgehead atoms.